The Morgan fingerprint density at radius 2 is 0.712 bits per heavy atom. The van der Waals surface area contributed by atoms with E-state index in [2.05, 4.69) is 172 Å². The Hall–Kier alpha value is -4.37. The van der Waals surface area contributed by atoms with E-state index in [-0.39, 0.29) is 32.6 Å². The minimum absolute atomic E-state index is 0.0366. The molecule has 0 aromatic heterocycles. The number of rotatable bonds is 50. The van der Waals surface area contributed by atoms with Crippen LogP contribution in [-0.4, -0.2) is 49.3 Å². The molecule has 73 heavy (non-hydrogen) atoms. The van der Waals surface area contributed by atoms with Gasteiger partial charge in [-0.2, -0.15) is 0 Å². The molecule has 0 spiro atoms. The van der Waals surface area contributed by atoms with E-state index in [1.165, 1.54) is 25.7 Å². The van der Waals surface area contributed by atoms with Crippen molar-refractivity contribution in [2.24, 2.45) is 5.73 Å². The highest BCUT2D eigenvalue weighted by Gasteiger charge is 2.26. The minimum atomic E-state index is -4.41. The van der Waals surface area contributed by atoms with Crippen LogP contribution in [0.5, 0.6) is 0 Å². The summed E-state index contributed by atoms with van der Waals surface area (Å²) in [5.41, 5.74) is 5.37. The van der Waals surface area contributed by atoms with Gasteiger partial charge in [-0.25, -0.2) is 4.57 Å². The lowest BCUT2D eigenvalue weighted by atomic mass is 10.1. The number of phosphoric acid groups is 1. The molecule has 2 atom stereocenters. The van der Waals surface area contributed by atoms with E-state index in [0.29, 0.717) is 12.8 Å². The van der Waals surface area contributed by atoms with Crippen LogP contribution in [0.15, 0.2) is 158 Å². The van der Waals surface area contributed by atoms with Gasteiger partial charge in [0.1, 0.15) is 6.61 Å². The van der Waals surface area contributed by atoms with Crippen molar-refractivity contribution >= 4 is 19.8 Å². The number of hydrogen-bond acceptors (Lipinski definition) is 8. The zero-order chi connectivity index (χ0) is 53.1. The Bertz CT molecular complexity index is 1740. The van der Waals surface area contributed by atoms with E-state index < -0.39 is 32.5 Å². The third kappa shape index (κ3) is 56.8. The average molecular weight is 1030 g/mol. The van der Waals surface area contributed by atoms with Crippen LogP contribution in [0, 0.1) is 0 Å². The monoisotopic (exact) mass is 1030 g/mol. The maximum Gasteiger partial charge on any atom is 0.472 e. The summed E-state index contributed by atoms with van der Waals surface area (Å²) in [5.74, 6) is -0.891. The largest absolute Gasteiger partial charge is 0.472 e. The van der Waals surface area contributed by atoms with Gasteiger partial charge in [0, 0.05) is 19.4 Å². The van der Waals surface area contributed by atoms with Gasteiger partial charge < -0.3 is 20.1 Å². The number of unbranched alkanes of at least 4 members (excludes halogenated alkanes) is 11. The molecule has 0 bridgehead atoms. The molecule has 0 amide bonds. The van der Waals surface area contributed by atoms with Crippen molar-refractivity contribution in [3.05, 3.63) is 158 Å². The first-order valence-electron chi connectivity index (χ1n) is 28.0. The molecule has 10 heteroatoms. The van der Waals surface area contributed by atoms with Crippen molar-refractivity contribution in [2.45, 2.75) is 200 Å². The van der Waals surface area contributed by atoms with Crippen LogP contribution < -0.4 is 5.73 Å². The molecule has 0 aliphatic rings. The quantitative estimate of drug-likeness (QED) is 0.0264. The van der Waals surface area contributed by atoms with Crippen molar-refractivity contribution < 1.29 is 37.6 Å². The number of nitrogens with two attached hydrogens (primary N) is 1. The fourth-order valence-electron chi connectivity index (χ4n) is 6.85. The molecular formula is C63H100NO8P. The minimum Gasteiger partial charge on any atom is -0.462 e. The first-order valence-corrected chi connectivity index (χ1v) is 29.5. The molecule has 3 N–H and O–H groups in total. The number of hydrogen-bond donors (Lipinski definition) is 2. The standard InChI is InChI=1S/C63H100NO8P/c1-3-5-7-9-11-13-15-17-19-21-23-25-27-29-30-32-33-35-37-39-41-43-45-47-49-51-53-55-62(65)69-59-61(60-71-73(67,68)70-58-57-64)72-63(66)56-54-52-50-48-46-44-42-40-38-36-34-31-28-26-24-22-20-18-16-14-12-10-8-6-4-2/h5-8,11-14,17-20,23-26,29-31,33-35,38,40,44,46,61H,3-4,9-10,15-16,21-22,27-28,32,36-37,39,41-43,45,47-60,64H2,1-2H3,(H,67,68)/b7-5-,8-6-,13-11-,14-12-,19-17-,20-18-,25-23-,26-24-,30-29-,34-31-,35-33-,40-38-,46-44-. The van der Waals surface area contributed by atoms with Crippen molar-refractivity contribution in [1.82, 2.24) is 0 Å². The third-order valence-electron chi connectivity index (χ3n) is 10.9. The normalized spacial score (nSPS) is 14.3. The van der Waals surface area contributed by atoms with Crippen LogP contribution >= 0.6 is 7.82 Å². The molecule has 9 nitrogen and oxygen atoms in total. The van der Waals surface area contributed by atoms with Gasteiger partial charge in [-0.15, -0.1) is 0 Å². The molecule has 0 fully saturated rings. The Kier molecular flexibility index (Phi) is 53.5. The van der Waals surface area contributed by atoms with Crippen molar-refractivity contribution in [3.8, 4) is 0 Å². The summed E-state index contributed by atoms with van der Waals surface area (Å²) < 4.78 is 33.0. The third-order valence-corrected chi connectivity index (χ3v) is 11.9. The highest BCUT2D eigenvalue weighted by Crippen LogP contribution is 2.43. The number of esters is 2. The van der Waals surface area contributed by atoms with Crippen LogP contribution in [0.3, 0.4) is 0 Å². The van der Waals surface area contributed by atoms with E-state index in [9.17, 15) is 19.0 Å². The first kappa shape index (κ1) is 68.6. The Morgan fingerprint density at radius 3 is 1.07 bits per heavy atom. The molecule has 0 aliphatic carbocycles. The lowest BCUT2D eigenvalue weighted by molar-refractivity contribution is -0.161. The average Bonchev–Trinajstić information content (AvgIpc) is 3.38. The van der Waals surface area contributed by atoms with Crippen LogP contribution in [0.2, 0.25) is 0 Å². The summed E-state index contributed by atoms with van der Waals surface area (Å²) in [4.78, 5) is 35.2. The molecule has 0 saturated heterocycles. The molecule has 0 radical (unpaired) electrons. The fraction of sp³-hybridized carbons (Fsp3) is 0.556. The smallest absolute Gasteiger partial charge is 0.462 e. The number of carbonyl (C=O) groups excluding carboxylic acids is 2. The highest BCUT2D eigenvalue weighted by atomic mass is 31.2. The second-order valence-corrected chi connectivity index (χ2v) is 19.1. The predicted octanol–water partition coefficient (Wildman–Crippen LogP) is 17.7. The lowest BCUT2D eigenvalue weighted by Gasteiger charge is -2.19. The predicted molar refractivity (Wildman–Crippen MR) is 311 cm³/mol. The van der Waals surface area contributed by atoms with E-state index in [0.717, 1.165) is 128 Å². The summed E-state index contributed by atoms with van der Waals surface area (Å²) in [6, 6.07) is 0. The maximum absolute atomic E-state index is 12.7. The van der Waals surface area contributed by atoms with E-state index >= 15 is 0 Å². The molecule has 410 valence electrons. The van der Waals surface area contributed by atoms with Gasteiger partial charge in [0.2, 0.25) is 0 Å². The Morgan fingerprint density at radius 1 is 0.411 bits per heavy atom. The lowest BCUT2D eigenvalue weighted by Crippen LogP contribution is -2.29. The van der Waals surface area contributed by atoms with E-state index in [4.69, 9.17) is 24.3 Å². The molecule has 0 aromatic rings. The van der Waals surface area contributed by atoms with E-state index in [1.807, 2.05) is 0 Å². The fourth-order valence-corrected chi connectivity index (χ4v) is 7.62. The summed E-state index contributed by atoms with van der Waals surface area (Å²) in [6.45, 7) is 3.44. The molecule has 0 saturated carbocycles. The Labute approximate surface area is 445 Å². The van der Waals surface area contributed by atoms with Crippen molar-refractivity contribution in [1.29, 1.82) is 0 Å². The summed E-state index contributed by atoms with van der Waals surface area (Å²) in [6.07, 6.45) is 82.8. The van der Waals surface area contributed by atoms with Crippen molar-refractivity contribution in [3.63, 3.8) is 0 Å². The molecule has 0 aromatic carbocycles. The van der Waals surface area contributed by atoms with Gasteiger partial charge in [0.15, 0.2) is 6.10 Å². The number of ether oxygens (including phenoxy) is 2. The van der Waals surface area contributed by atoms with Gasteiger partial charge >= 0.3 is 19.8 Å². The molecule has 2 unspecified atom stereocenters. The second kappa shape index (κ2) is 56.9. The maximum atomic E-state index is 12.7. The molecule has 0 aliphatic heterocycles. The number of phosphoric ester groups is 1. The van der Waals surface area contributed by atoms with Crippen LogP contribution in [-0.2, 0) is 32.7 Å². The number of allylic oxidation sites excluding steroid dienone is 26. The number of carbonyl (C=O) groups is 2. The zero-order valence-electron chi connectivity index (χ0n) is 45.5. The zero-order valence-corrected chi connectivity index (χ0v) is 46.4. The van der Waals surface area contributed by atoms with Crippen molar-refractivity contribution in [2.75, 3.05) is 26.4 Å². The van der Waals surface area contributed by atoms with E-state index in [1.54, 1.807) is 0 Å². The van der Waals surface area contributed by atoms with Gasteiger partial charge in [0.25, 0.3) is 0 Å². The molecular weight excluding hydrogens is 930 g/mol. The second-order valence-electron chi connectivity index (χ2n) is 17.7. The summed E-state index contributed by atoms with van der Waals surface area (Å²) in [5, 5.41) is 0. The first-order chi connectivity index (χ1) is 35.8. The highest BCUT2D eigenvalue weighted by molar-refractivity contribution is 7.47. The SMILES string of the molecule is CC/C=C\C/C=C\C/C=C\C/C=C\C/C=C\C/C=C\C/C=C\CCCCCC(=O)OC(COC(=O)CCCCCCCCCC/C=C\C/C=C\C/C=C\C/C=C\C/C=C\C/C=C\CC)COP(=O)(O)OCCN. The van der Waals surface area contributed by atoms with Gasteiger partial charge in [0.05, 0.1) is 13.2 Å². The van der Waals surface area contributed by atoms with Crippen LogP contribution in [0.1, 0.15) is 194 Å². The molecule has 0 rings (SSSR count). The van der Waals surface area contributed by atoms with Gasteiger partial charge in [-0.1, -0.05) is 217 Å². The van der Waals surface area contributed by atoms with Gasteiger partial charge in [-0.05, 0) is 122 Å². The summed E-state index contributed by atoms with van der Waals surface area (Å²) in [7, 11) is -4.41. The van der Waals surface area contributed by atoms with Gasteiger partial charge in [-0.3, -0.25) is 18.6 Å². The summed E-state index contributed by atoms with van der Waals surface area (Å²) >= 11 is 0. The molecule has 0 heterocycles. The topological polar surface area (TPSA) is 134 Å². The van der Waals surface area contributed by atoms with Crippen LogP contribution in [0.25, 0.3) is 0 Å². The van der Waals surface area contributed by atoms with Crippen LogP contribution in [0.4, 0.5) is 0 Å². The Balaban J connectivity index is 4.15.